The van der Waals surface area contributed by atoms with Gasteiger partial charge in [0.25, 0.3) is 0 Å². The van der Waals surface area contributed by atoms with Crippen molar-refractivity contribution < 1.29 is 0 Å². The summed E-state index contributed by atoms with van der Waals surface area (Å²) >= 11 is 1.80. The first-order chi connectivity index (χ1) is 9.24. The molecule has 0 aliphatic carbocycles. The Bertz CT molecular complexity index is 522. The van der Waals surface area contributed by atoms with E-state index in [0.717, 1.165) is 18.7 Å². The van der Waals surface area contributed by atoms with Gasteiger partial charge in [0, 0.05) is 30.6 Å². The smallest absolute Gasteiger partial charge is 0.0643 e. The molecule has 0 aliphatic heterocycles. The lowest BCUT2D eigenvalue weighted by molar-refractivity contribution is 0.533. The number of benzene rings is 1. The molecule has 2 aromatic rings. The molecule has 0 radical (unpaired) electrons. The van der Waals surface area contributed by atoms with E-state index in [1.165, 1.54) is 10.5 Å². The Kier molecular flexibility index (Phi) is 5.05. The summed E-state index contributed by atoms with van der Waals surface area (Å²) in [5.74, 6) is 0. The Balaban J connectivity index is 2.23. The lowest BCUT2D eigenvalue weighted by atomic mass is 10.0. The van der Waals surface area contributed by atoms with E-state index in [-0.39, 0.29) is 0 Å². The second-order valence-electron chi connectivity index (χ2n) is 4.54. The summed E-state index contributed by atoms with van der Waals surface area (Å²) in [5.41, 5.74) is 2.49. The van der Waals surface area contributed by atoms with E-state index in [0.29, 0.717) is 6.04 Å². The van der Waals surface area contributed by atoms with Gasteiger partial charge in [0.05, 0.1) is 5.69 Å². The van der Waals surface area contributed by atoms with Gasteiger partial charge in [0.1, 0.15) is 0 Å². The average molecular weight is 275 g/mol. The van der Waals surface area contributed by atoms with Crippen LogP contribution in [0.2, 0.25) is 0 Å². The zero-order chi connectivity index (χ0) is 13.7. The highest BCUT2D eigenvalue weighted by Gasteiger charge is 2.15. The van der Waals surface area contributed by atoms with Gasteiger partial charge in [-0.2, -0.15) is 5.10 Å². The summed E-state index contributed by atoms with van der Waals surface area (Å²) in [6.45, 7) is 3.10. The Hall–Kier alpha value is -1.26. The molecule has 0 aliphatic rings. The molecule has 0 amide bonds. The van der Waals surface area contributed by atoms with Gasteiger partial charge in [-0.15, -0.1) is 11.8 Å². The molecule has 19 heavy (non-hydrogen) atoms. The predicted octanol–water partition coefficient (Wildman–Crippen LogP) is 3.04. The molecule has 0 bridgehead atoms. The van der Waals surface area contributed by atoms with Gasteiger partial charge < -0.3 is 5.32 Å². The number of aromatic nitrogens is 2. The first-order valence-corrected chi connectivity index (χ1v) is 7.82. The minimum absolute atomic E-state index is 0.323. The Morgan fingerprint density at radius 2 is 2.11 bits per heavy atom. The molecule has 0 saturated carbocycles. The van der Waals surface area contributed by atoms with Crippen LogP contribution < -0.4 is 5.32 Å². The second-order valence-corrected chi connectivity index (χ2v) is 5.39. The van der Waals surface area contributed by atoms with E-state index in [9.17, 15) is 0 Å². The second kappa shape index (κ2) is 6.78. The van der Waals surface area contributed by atoms with Crippen LogP contribution in [0.1, 0.15) is 24.2 Å². The monoisotopic (exact) mass is 275 g/mol. The minimum atomic E-state index is 0.323. The summed E-state index contributed by atoms with van der Waals surface area (Å²) in [4.78, 5) is 1.34. The maximum atomic E-state index is 4.48. The van der Waals surface area contributed by atoms with Crippen molar-refractivity contribution >= 4 is 11.8 Å². The van der Waals surface area contributed by atoms with E-state index in [1.807, 2.05) is 17.9 Å². The van der Waals surface area contributed by atoms with Crippen molar-refractivity contribution in [3.63, 3.8) is 0 Å². The molecule has 1 heterocycles. The first kappa shape index (κ1) is 14.2. The number of thioether (sulfide) groups is 1. The summed E-state index contributed by atoms with van der Waals surface area (Å²) in [6, 6.07) is 11.0. The van der Waals surface area contributed by atoms with Gasteiger partial charge in [0.15, 0.2) is 0 Å². The van der Waals surface area contributed by atoms with Crippen molar-refractivity contribution in [3.05, 3.63) is 47.8 Å². The predicted molar refractivity (Wildman–Crippen MR) is 81.6 cm³/mol. The van der Waals surface area contributed by atoms with E-state index < -0.39 is 0 Å². The molecule has 0 fully saturated rings. The summed E-state index contributed by atoms with van der Waals surface area (Å²) < 4.78 is 1.86. The number of hydrogen-bond donors (Lipinski definition) is 1. The molecule has 102 valence electrons. The zero-order valence-electron chi connectivity index (χ0n) is 11.8. The normalized spacial score (nSPS) is 12.6. The molecule has 2 rings (SSSR count). The van der Waals surface area contributed by atoms with Gasteiger partial charge in [-0.05, 0) is 30.5 Å². The zero-order valence-corrected chi connectivity index (χ0v) is 12.6. The SMILES string of the molecule is CCNC(Cc1ccn(C)n1)c1ccccc1SC. The highest BCUT2D eigenvalue weighted by atomic mass is 32.2. The number of nitrogens with one attached hydrogen (secondary N) is 1. The fourth-order valence-corrected chi connectivity index (χ4v) is 2.93. The molecular formula is C15H21N3S. The summed E-state index contributed by atoms with van der Waals surface area (Å²) in [5, 5.41) is 8.05. The largest absolute Gasteiger partial charge is 0.310 e. The fraction of sp³-hybridized carbons (Fsp3) is 0.400. The Morgan fingerprint density at radius 3 is 2.74 bits per heavy atom. The molecule has 1 atom stereocenters. The summed E-state index contributed by atoms with van der Waals surface area (Å²) in [6.07, 6.45) is 5.05. The van der Waals surface area contributed by atoms with Gasteiger partial charge in [-0.1, -0.05) is 25.1 Å². The number of hydrogen-bond acceptors (Lipinski definition) is 3. The molecule has 3 nitrogen and oxygen atoms in total. The van der Waals surface area contributed by atoms with Crippen LogP contribution in [0.25, 0.3) is 0 Å². The van der Waals surface area contributed by atoms with Gasteiger partial charge in [-0.3, -0.25) is 4.68 Å². The molecular weight excluding hydrogens is 254 g/mol. The van der Waals surface area contributed by atoms with Crippen LogP contribution in [-0.2, 0) is 13.5 Å². The molecule has 1 aromatic carbocycles. The van der Waals surface area contributed by atoms with Crippen molar-refractivity contribution in [2.45, 2.75) is 24.3 Å². The molecule has 1 aromatic heterocycles. The van der Waals surface area contributed by atoms with Gasteiger partial charge in [-0.25, -0.2) is 0 Å². The Morgan fingerprint density at radius 1 is 1.32 bits per heavy atom. The highest BCUT2D eigenvalue weighted by molar-refractivity contribution is 7.98. The van der Waals surface area contributed by atoms with E-state index in [1.54, 1.807) is 11.8 Å². The van der Waals surface area contributed by atoms with E-state index >= 15 is 0 Å². The lowest BCUT2D eigenvalue weighted by Crippen LogP contribution is -2.23. The van der Waals surface area contributed by atoms with Crippen LogP contribution in [0.3, 0.4) is 0 Å². The molecule has 1 N–H and O–H groups in total. The van der Waals surface area contributed by atoms with Crippen molar-refractivity contribution in [1.82, 2.24) is 15.1 Å². The maximum Gasteiger partial charge on any atom is 0.0643 e. The fourth-order valence-electron chi connectivity index (χ4n) is 2.27. The van der Waals surface area contributed by atoms with E-state index in [2.05, 4.69) is 53.9 Å². The third-order valence-electron chi connectivity index (χ3n) is 3.15. The van der Waals surface area contributed by atoms with E-state index in [4.69, 9.17) is 0 Å². The number of likely N-dealkylation sites (N-methyl/N-ethyl adjacent to an activating group) is 1. The molecule has 4 heteroatoms. The number of rotatable bonds is 6. The van der Waals surface area contributed by atoms with Gasteiger partial charge >= 0.3 is 0 Å². The van der Waals surface area contributed by atoms with Crippen LogP contribution in [0, 0.1) is 0 Å². The maximum absolute atomic E-state index is 4.48. The number of nitrogens with zero attached hydrogens (tertiary/aromatic N) is 2. The quantitative estimate of drug-likeness (QED) is 0.822. The molecule has 0 saturated heterocycles. The van der Waals surface area contributed by atoms with Crippen LogP contribution in [0.15, 0.2) is 41.4 Å². The van der Waals surface area contributed by atoms with Crippen molar-refractivity contribution in [1.29, 1.82) is 0 Å². The highest BCUT2D eigenvalue weighted by Crippen LogP contribution is 2.27. The van der Waals surface area contributed by atoms with Crippen LogP contribution in [0.4, 0.5) is 0 Å². The standard InChI is InChI=1S/C15H21N3S/c1-4-16-14(11-12-9-10-18(2)17-12)13-7-5-6-8-15(13)19-3/h5-10,14,16H,4,11H2,1-3H3. The van der Waals surface area contributed by atoms with Crippen LogP contribution in [-0.4, -0.2) is 22.6 Å². The van der Waals surface area contributed by atoms with Crippen molar-refractivity contribution in [3.8, 4) is 0 Å². The third-order valence-corrected chi connectivity index (χ3v) is 3.96. The van der Waals surface area contributed by atoms with Crippen LogP contribution >= 0.6 is 11.8 Å². The minimum Gasteiger partial charge on any atom is -0.310 e. The first-order valence-electron chi connectivity index (χ1n) is 6.59. The molecule has 0 spiro atoms. The van der Waals surface area contributed by atoms with Crippen molar-refractivity contribution in [2.75, 3.05) is 12.8 Å². The molecule has 1 unspecified atom stereocenters. The third kappa shape index (κ3) is 3.61. The summed E-state index contributed by atoms with van der Waals surface area (Å²) in [7, 11) is 1.96. The Labute approximate surface area is 119 Å². The van der Waals surface area contributed by atoms with Crippen molar-refractivity contribution in [2.24, 2.45) is 7.05 Å². The van der Waals surface area contributed by atoms with Crippen LogP contribution in [0.5, 0.6) is 0 Å². The average Bonchev–Trinajstić information content (AvgIpc) is 2.84. The van der Waals surface area contributed by atoms with Gasteiger partial charge in [0.2, 0.25) is 0 Å². The topological polar surface area (TPSA) is 29.9 Å². The lowest BCUT2D eigenvalue weighted by Gasteiger charge is -2.20. The number of aryl methyl sites for hydroxylation is 1.